The van der Waals surface area contributed by atoms with Crippen LogP contribution in [0.4, 0.5) is 0 Å². The molecule has 9 heteroatoms. The van der Waals surface area contributed by atoms with Crippen molar-refractivity contribution in [3.63, 3.8) is 0 Å². The zero-order chi connectivity index (χ0) is 17.7. The lowest BCUT2D eigenvalue weighted by atomic mass is 10.2. The zero-order valence-electron chi connectivity index (χ0n) is 14.0. The van der Waals surface area contributed by atoms with Gasteiger partial charge in [-0.1, -0.05) is 6.07 Å². The lowest BCUT2D eigenvalue weighted by Crippen LogP contribution is -2.42. The Hall–Kier alpha value is -1.84. The van der Waals surface area contributed by atoms with Gasteiger partial charge in [-0.3, -0.25) is 4.79 Å². The number of ether oxygens (including phenoxy) is 3. The van der Waals surface area contributed by atoms with Crippen molar-refractivity contribution in [3.05, 3.63) is 23.8 Å². The van der Waals surface area contributed by atoms with E-state index < -0.39 is 16.2 Å². The summed E-state index contributed by atoms with van der Waals surface area (Å²) < 4.78 is 42.7. The van der Waals surface area contributed by atoms with Crippen molar-refractivity contribution in [3.8, 4) is 11.5 Å². The fourth-order valence-electron chi connectivity index (χ4n) is 2.23. The van der Waals surface area contributed by atoms with Crippen molar-refractivity contribution in [1.29, 1.82) is 0 Å². The molecule has 0 aromatic heterocycles. The van der Waals surface area contributed by atoms with Crippen LogP contribution in [-0.4, -0.2) is 63.5 Å². The maximum absolute atomic E-state index is 12.5. The predicted molar refractivity (Wildman–Crippen MR) is 87.1 cm³/mol. The van der Waals surface area contributed by atoms with Crippen LogP contribution in [0, 0.1) is 0 Å². The van der Waals surface area contributed by atoms with Crippen LogP contribution < -0.4 is 9.47 Å². The number of carbonyl (C=O) groups is 1. The standard InChI is InChI=1S/C15H22N2O6S/c1-4-21-15(18)11-17(3)24(19,20)16(2)10-12-5-6-13-14(9-12)23-8-7-22-13/h5-6,9H,4,7-8,10-11H2,1-3H3. The van der Waals surface area contributed by atoms with Crippen LogP contribution in [0.5, 0.6) is 11.5 Å². The van der Waals surface area contributed by atoms with Crippen LogP contribution in [0.3, 0.4) is 0 Å². The van der Waals surface area contributed by atoms with E-state index in [4.69, 9.17) is 14.2 Å². The lowest BCUT2D eigenvalue weighted by Gasteiger charge is -2.24. The fraction of sp³-hybridized carbons (Fsp3) is 0.533. The molecule has 0 unspecified atom stereocenters. The molecule has 0 amide bonds. The van der Waals surface area contributed by atoms with Gasteiger partial charge in [-0.15, -0.1) is 0 Å². The Morgan fingerprint density at radius 2 is 1.83 bits per heavy atom. The molecule has 2 rings (SSSR count). The van der Waals surface area contributed by atoms with Crippen LogP contribution in [0.25, 0.3) is 0 Å². The number of fused-ring (bicyclic) bond motifs is 1. The molecular weight excluding hydrogens is 336 g/mol. The Kier molecular flexibility index (Phi) is 6.03. The molecule has 134 valence electrons. The summed E-state index contributed by atoms with van der Waals surface area (Å²) in [6.07, 6.45) is 0. The van der Waals surface area contributed by atoms with Gasteiger partial charge in [0.25, 0.3) is 10.2 Å². The average Bonchev–Trinajstić information content (AvgIpc) is 2.54. The molecule has 1 aliphatic rings. The number of nitrogens with zero attached hydrogens (tertiary/aromatic N) is 2. The molecule has 1 heterocycles. The Morgan fingerprint density at radius 3 is 2.50 bits per heavy atom. The first-order valence-corrected chi connectivity index (χ1v) is 8.96. The third-order valence-corrected chi connectivity index (χ3v) is 5.29. The number of rotatable bonds is 7. The first-order chi connectivity index (χ1) is 11.3. The topological polar surface area (TPSA) is 85.4 Å². The number of hydrogen-bond donors (Lipinski definition) is 0. The molecule has 1 aliphatic heterocycles. The van der Waals surface area contributed by atoms with Gasteiger partial charge >= 0.3 is 5.97 Å². The summed E-state index contributed by atoms with van der Waals surface area (Å²) in [5, 5.41) is 0. The maximum Gasteiger partial charge on any atom is 0.321 e. The van der Waals surface area contributed by atoms with Gasteiger partial charge in [-0.05, 0) is 24.6 Å². The summed E-state index contributed by atoms with van der Waals surface area (Å²) in [4.78, 5) is 11.5. The van der Waals surface area contributed by atoms with E-state index in [1.54, 1.807) is 25.1 Å². The first kappa shape index (κ1) is 18.5. The summed E-state index contributed by atoms with van der Waals surface area (Å²) in [7, 11) is -0.986. The predicted octanol–water partition coefficient (Wildman–Crippen LogP) is 0.629. The molecule has 0 radical (unpaired) electrons. The van der Waals surface area contributed by atoms with Gasteiger partial charge in [0.2, 0.25) is 0 Å². The molecule has 0 bridgehead atoms. The molecule has 0 atom stereocenters. The van der Waals surface area contributed by atoms with Gasteiger partial charge in [0.05, 0.1) is 6.61 Å². The lowest BCUT2D eigenvalue weighted by molar-refractivity contribution is -0.143. The number of carbonyl (C=O) groups excluding carboxylic acids is 1. The van der Waals surface area contributed by atoms with Gasteiger partial charge in [0.1, 0.15) is 19.8 Å². The second-order valence-electron chi connectivity index (χ2n) is 5.30. The van der Waals surface area contributed by atoms with Crippen LogP contribution >= 0.6 is 0 Å². The van der Waals surface area contributed by atoms with Crippen LogP contribution in [0.2, 0.25) is 0 Å². The number of hydrogen-bond acceptors (Lipinski definition) is 6. The van der Waals surface area contributed by atoms with Crippen molar-refractivity contribution in [2.45, 2.75) is 13.5 Å². The molecule has 0 saturated carbocycles. The molecule has 0 saturated heterocycles. The highest BCUT2D eigenvalue weighted by Gasteiger charge is 2.26. The number of likely N-dealkylation sites (N-methyl/N-ethyl adjacent to an activating group) is 1. The highest BCUT2D eigenvalue weighted by molar-refractivity contribution is 7.86. The minimum Gasteiger partial charge on any atom is -0.486 e. The van der Waals surface area contributed by atoms with E-state index in [1.165, 1.54) is 14.1 Å². The summed E-state index contributed by atoms with van der Waals surface area (Å²) >= 11 is 0. The summed E-state index contributed by atoms with van der Waals surface area (Å²) in [6, 6.07) is 5.29. The van der Waals surface area contributed by atoms with E-state index in [1.807, 2.05) is 0 Å². The quantitative estimate of drug-likeness (QED) is 0.665. The largest absolute Gasteiger partial charge is 0.486 e. The highest BCUT2D eigenvalue weighted by atomic mass is 32.2. The molecule has 0 fully saturated rings. The fourth-order valence-corrected chi connectivity index (χ4v) is 3.29. The van der Waals surface area contributed by atoms with E-state index in [-0.39, 0.29) is 19.7 Å². The van der Waals surface area contributed by atoms with Crippen LogP contribution in [-0.2, 0) is 26.3 Å². The molecule has 0 N–H and O–H groups in total. The third-order valence-electron chi connectivity index (χ3n) is 3.46. The Labute approximate surface area is 142 Å². The maximum atomic E-state index is 12.5. The van der Waals surface area contributed by atoms with Crippen LogP contribution in [0.15, 0.2) is 18.2 Å². The van der Waals surface area contributed by atoms with Crippen LogP contribution in [0.1, 0.15) is 12.5 Å². The molecule has 1 aromatic rings. The second kappa shape index (κ2) is 7.82. The van der Waals surface area contributed by atoms with E-state index in [9.17, 15) is 13.2 Å². The van der Waals surface area contributed by atoms with E-state index in [0.717, 1.165) is 14.2 Å². The summed E-state index contributed by atoms with van der Waals surface area (Å²) in [6.45, 7) is 2.65. The first-order valence-electron chi connectivity index (χ1n) is 7.56. The van der Waals surface area contributed by atoms with Crippen molar-refractivity contribution in [2.75, 3.05) is 40.5 Å². The number of esters is 1. The van der Waals surface area contributed by atoms with Gasteiger partial charge in [-0.25, -0.2) is 0 Å². The van der Waals surface area contributed by atoms with Gasteiger partial charge in [0.15, 0.2) is 11.5 Å². The van der Waals surface area contributed by atoms with Gasteiger partial charge < -0.3 is 14.2 Å². The van der Waals surface area contributed by atoms with E-state index in [0.29, 0.717) is 24.7 Å². The normalized spacial score (nSPS) is 14.0. The Morgan fingerprint density at radius 1 is 1.17 bits per heavy atom. The molecule has 8 nitrogen and oxygen atoms in total. The van der Waals surface area contributed by atoms with Crippen molar-refractivity contribution < 1.29 is 27.4 Å². The van der Waals surface area contributed by atoms with Gasteiger partial charge in [-0.2, -0.15) is 17.0 Å². The van der Waals surface area contributed by atoms with E-state index >= 15 is 0 Å². The van der Waals surface area contributed by atoms with Crippen molar-refractivity contribution >= 4 is 16.2 Å². The minimum atomic E-state index is -3.78. The Balaban J connectivity index is 2.04. The molecule has 0 aliphatic carbocycles. The van der Waals surface area contributed by atoms with Crippen molar-refractivity contribution in [1.82, 2.24) is 8.61 Å². The summed E-state index contributed by atoms with van der Waals surface area (Å²) in [5.74, 6) is 0.663. The summed E-state index contributed by atoms with van der Waals surface area (Å²) in [5.41, 5.74) is 0.759. The molecule has 1 aromatic carbocycles. The number of benzene rings is 1. The minimum absolute atomic E-state index is 0.145. The Bertz CT molecular complexity index is 691. The third kappa shape index (κ3) is 4.37. The SMILES string of the molecule is CCOC(=O)CN(C)S(=O)(=O)N(C)Cc1ccc2c(c1)OCCO2. The smallest absolute Gasteiger partial charge is 0.321 e. The average molecular weight is 358 g/mol. The molecule has 0 spiro atoms. The van der Waals surface area contributed by atoms with Gasteiger partial charge in [0, 0.05) is 20.6 Å². The van der Waals surface area contributed by atoms with E-state index in [2.05, 4.69) is 0 Å². The molecular formula is C15H22N2O6S. The monoisotopic (exact) mass is 358 g/mol. The van der Waals surface area contributed by atoms with Crippen molar-refractivity contribution in [2.24, 2.45) is 0 Å². The molecule has 24 heavy (non-hydrogen) atoms. The highest BCUT2D eigenvalue weighted by Crippen LogP contribution is 2.31. The second-order valence-corrected chi connectivity index (χ2v) is 7.45. The zero-order valence-corrected chi connectivity index (χ0v) is 14.8.